The minimum Gasteiger partial charge on any atom is -0.476 e. The van der Waals surface area contributed by atoms with Gasteiger partial charge in [0, 0.05) is 24.7 Å². The molecule has 0 amide bonds. The van der Waals surface area contributed by atoms with Crippen LogP contribution < -0.4 is 5.56 Å². The molecule has 0 radical (unpaired) electrons. The van der Waals surface area contributed by atoms with Crippen molar-refractivity contribution < 1.29 is 9.90 Å². The maximum absolute atomic E-state index is 13.1. The van der Waals surface area contributed by atoms with E-state index in [4.69, 9.17) is 0 Å². The van der Waals surface area contributed by atoms with E-state index in [1.807, 2.05) is 18.2 Å². The molecule has 36 heavy (non-hydrogen) atoms. The van der Waals surface area contributed by atoms with E-state index in [9.17, 15) is 14.7 Å². The quantitative estimate of drug-likeness (QED) is 0.559. The summed E-state index contributed by atoms with van der Waals surface area (Å²) in [7, 11) is 0. The van der Waals surface area contributed by atoms with E-state index in [0.717, 1.165) is 35.6 Å². The van der Waals surface area contributed by atoms with Gasteiger partial charge >= 0.3 is 5.97 Å². The lowest BCUT2D eigenvalue weighted by atomic mass is 9.60. The molecule has 3 aliphatic carbocycles. The number of para-hydroxylation sites is 2. The van der Waals surface area contributed by atoms with Crippen LogP contribution in [-0.2, 0) is 6.54 Å². The number of nitrogens with zero attached hydrogens (tertiary/aromatic N) is 3. The maximum atomic E-state index is 13.1. The fourth-order valence-corrected chi connectivity index (χ4v) is 8.50. The van der Waals surface area contributed by atoms with Crippen LogP contribution in [0.15, 0.2) is 29.1 Å². The van der Waals surface area contributed by atoms with Crippen molar-refractivity contribution in [2.24, 2.45) is 23.7 Å². The van der Waals surface area contributed by atoms with Gasteiger partial charge in [0.2, 0.25) is 5.69 Å². The van der Waals surface area contributed by atoms with Crippen LogP contribution in [0.3, 0.4) is 0 Å². The minimum absolute atomic E-state index is 0.372. The van der Waals surface area contributed by atoms with Crippen LogP contribution in [0, 0.1) is 23.7 Å². The summed E-state index contributed by atoms with van der Waals surface area (Å²) in [5, 5.41) is 9.58. The lowest BCUT2D eigenvalue weighted by Gasteiger charge is -2.53. The van der Waals surface area contributed by atoms with E-state index in [-0.39, 0.29) is 5.69 Å². The Kier molecular flexibility index (Phi) is 6.65. The summed E-state index contributed by atoms with van der Waals surface area (Å²) >= 11 is 0. The molecule has 0 unspecified atom stereocenters. The largest absolute Gasteiger partial charge is 0.476 e. The predicted molar refractivity (Wildman–Crippen MR) is 141 cm³/mol. The van der Waals surface area contributed by atoms with E-state index in [1.54, 1.807) is 10.6 Å². The predicted octanol–water partition coefficient (Wildman–Crippen LogP) is 5.72. The SMILES string of the molecule is C[C@H]1CCC[C@@H](CCn2c(=O)c(C(=O)O)nc3ccccc32)N1[C@@H]1C[C@@H]2C[C@@H](C[C@@H](C3CCC3)C2)C1. The fraction of sp³-hybridized carbons (Fsp3) is 0.700. The number of fused-ring (bicyclic) bond motifs is 3. The van der Waals surface area contributed by atoms with E-state index in [0.29, 0.717) is 30.2 Å². The number of benzene rings is 1. The van der Waals surface area contributed by atoms with Crippen LogP contribution in [0.5, 0.6) is 0 Å². The van der Waals surface area contributed by atoms with Gasteiger partial charge in [-0.2, -0.15) is 0 Å². The Hall–Kier alpha value is -2.21. The molecule has 1 aromatic heterocycles. The molecule has 0 spiro atoms. The highest BCUT2D eigenvalue weighted by Gasteiger charge is 2.43. The molecule has 3 saturated carbocycles. The number of carboxylic acid groups (broad SMARTS) is 1. The van der Waals surface area contributed by atoms with Gasteiger partial charge in [-0.1, -0.05) is 37.8 Å². The summed E-state index contributed by atoms with van der Waals surface area (Å²) < 4.78 is 1.67. The Bertz CT molecular complexity index is 1160. The molecular weight excluding hydrogens is 450 g/mol. The first kappa shape index (κ1) is 24.1. The van der Waals surface area contributed by atoms with E-state index >= 15 is 0 Å². The zero-order chi connectivity index (χ0) is 24.8. The van der Waals surface area contributed by atoms with Gasteiger partial charge in [-0.3, -0.25) is 9.69 Å². The molecule has 1 aromatic carbocycles. The average Bonchev–Trinajstić information content (AvgIpc) is 2.81. The number of carbonyl (C=O) groups is 1. The van der Waals surface area contributed by atoms with E-state index in [2.05, 4.69) is 16.8 Å². The Morgan fingerprint density at radius 2 is 1.69 bits per heavy atom. The Labute approximate surface area is 214 Å². The third kappa shape index (κ3) is 4.51. The van der Waals surface area contributed by atoms with Gasteiger partial charge in [-0.25, -0.2) is 9.78 Å². The number of likely N-dealkylation sites (tertiary alicyclic amines) is 1. The molecule has 4 fully saturated rings. The number of aryl methyl sites for hydroxylation is 1. The molecule has 2 bridgehead atoms. The summed E-state index contributed by atoms with van der Waals surface area (Å²) in [6, 6.07) is 9.12. The Balaban J connectivity index is 1.21. The van der Waals surface area contributed by atoms with Crippen LogP contribution in [0.2, 0.25) is 0 Å². The Morgan fingerprint density at radius 1 is 0.972 bits per heavy atom. The van der Waals surface area contributed by atoms with Crippen molar-refractivity contribution in [3.8, 4) is 0 Å². The molecule has 2 aromatic rings. The summed E-state index contributed by atoms with van der Waals surface area (Å²) in [6.07, 6.45) is 16.0. The molecule has 6 atom stereocenters. The van der Waals surface area contributed by atoms with Crippen LogP contribution in [0.4, 0.5) is 0 Å². The van der Waals surface area contributed by atoms with Crippen molar-refractivity contribution >= 4 is 17.0 Å². The number of hydrogen-bond acceptors (Lipinski definition) is 4. The number of aromatic carboxylic acids is 1. The van der Waals surface area contributed by atoms with Crippen LogP contribution >= 0.6 is 0 Å². The van der Waals surface area contributed by atoms with Crippen molar-refractivity contribution in [2.45, 2.75) is 109 Å². The third-order valence-corrected chi connectivity index (χ3v) is 10.2. The highest BCUT2D eigenvalue weighted by Crippen LogP contribution is 2.50. The topological polar surface area (TPSA) is 75.4 Å². The molecule has 1 saturated heterocycles. The fourth-order valence-electron chi connectivity index (χ4n) is 8.50. The molecular formula is C30H41N3O3. The second-order valence-corrected chi connectivity index (χ2v) is 12.4. The smallest absolute Gasteiger partial charge is 0.360 e. The van der Waals surface area contributed by atoms with Gasteiger partial charge < -0.3 is 9.67 Å². The highest BCUT2D eigenvalue weighted by molar-refractivity contribution is 5.88. The van der Waals surface area contributed by atoms with E-state index < -0.39 is 11.5 Å². The van der Waals surface area contributed by atoms with Crippen LogP contribution in [0.25, 0.3) is 11.0 Å². The van der Waals surface area contributed by atoms with Crippen molar-refractivity contribution in [2.75, 3.05) is 0 Å². The van der Waals surface area contributed by atoms with Gasteiger partial charge in [0.25, 0.3) is 5.56 Å². The molecule has 1 N–H and O–H groups in total. The number of aromatic nitrogens is 2. The molecule has 6 nitrogen and oxygen atoms in total. The average molecular weight is 492 g/mol. The first-order valence-electron chi connectivity index (χ1n) is 14.5. The lowest BCUT2D eigenvalue weighted by molar-refractivity contribution is -0.0274. The van der Waals surface area contributed by atoms with Crippen molar-refractivity contribution in [3.05, 3.63) is 40.3 Å². The van der Waals surface area contributed by atoms with Gasteiger partial charge in [-0.15, -0.1) is 0 Å². The van der Waals surface area contributed by atoms with Gasteiger partial charge in [0.1, 0.15) is 0 Å². The van der Waals surface area contributed by atoms with Crippen molar-refractivity contribution in [3.63, 3.8) is 0 Å². The second-order valence-electron chi connectivity index (χ2n) is 12.4. The minimum atomic E-state index is -1.25. The number of piperidine rings is 1. The zero-order valence-corrected chi connectivity index (χ0v) is 21.6. The standard InChI is InChI=1S/C30H41N3O3/c1-19-6-4-9-24(12-13-32-27-11-3-2-10-26(27)31-28(29(32)34)30(35)36)33(19)25-17-20-14-21(18-25)16-23(15-20)22-7-5-8-22/h2-3,10-11,19-25H,4-9,12-18H2,1H3,(H,35,36)/t19-,20-,21+,23+,24-,25-/m0/s1. The van der Waals surface area contributed by atoms with Crippen molar-refractivity contribution in [1.29, 1.82) is 0 Å². The lowest BCUT2D eigenvalue weighted by Crippen LogP contribution is -2.54. The normalized spacial score (nSPS) is 33.4. The summed E-state index contributed by atoms with van der Waals surface area (Å²) in [4.78, 5) is 31.8. The Morgan fingerprint density at radius 3 is 2.39 bits per heavy atom. The van der Waals surface area contributed by atoms with Crippen LogP contribution in [-0.4, -0.2) is 43.7 Å². The monoisotopic (exact) mass is 491 g/mol. The first-order chi connectivity index (χ1) is 17.5. The summed E-state index contributed by atoms with van der Waals surface area (Å²) in [6.45, 7) is 2.95. The summed E-state index contributed by atoms with van der Waals surface area (Å²) in [5.74, 6) is 2.56. The number of rotatable bonds is 6. The number of carboxylic acids is 1. The summed E-state index contributed by atoms with van der Waals surface area (Å²) in [5.41, 5.74) is 0.455. The highest BCUT2D eigenvalue weighted by atomic mass is 16.4. The maximum Gasteiger partial charge on any atom is 0.360 e. The van der Waals surface area contributed by atoms with Gasteiger partial charge in [0.15, 0.2) is 0 Å². The molecule has 1 aliphatic heterocycles. The molecule has 6 rings (SSSR count). The first-order valence-corrected chi connectivity index (χ1v) is 14.5. The van der Waals surface area contributed by atoms with E-state index in [1.165, 1.54) is 70.6 Å². The van der Waals surface area contributed by atoms with Crippen LogP contribution in [0.1, 0.15) is 94.5 Å². The number of hydrogen-bond donors (Lipinski definition) is 1. The second kappa shape index (κ2) is 9.92. The third-order valence-electron chi connectivity index (χ3n) is 10.2. The van der Waals surface area contributed by atoms with Gasteiger partial charge in [0.05, 0.1) is 11.0 Å². The van der Waals surface area contributed by atoms with Crippen molar-refractivity contribution in [1.82, 2.24) is 14.5 Å². The molecule has 194 valence electrons. The molecule has 4 aliphatic rings. The zero-order valence-electron chi connectivity index (χ0n) is 21.6. The molecule has 2 heterocycles. The molecule has 6 heteroatoms. The van der Waals surface area contributed by atoms with Gasteiger partial charge in [-0.05, 0) is 94.1 Å².